The van der Waals surface area contributed by atoms with E-state index in [0.717, 1.165) is 11.1 Å². The highest BCUT2D eigenvalue weighted by atomic mass is 16.6. The van der Waals surface area contributed by atoms with Crippen LogP contribution in [0.5, 0.6) is 11.5 Å². The van der Waals surface area contributed by atoms with Crippen LogP contribution in [0.4, 0.5) is 0 Å². The summed E-state index contributed by atoms with van der Waals surface area (Å²) in [6, 6.07) is 10.6. The van der Waals surface area contributed by atoms with E-state index in [1.807, 2.05) is 32.0 Å². The molecule has 0 amide bonds. The van der Waals surface area contributed by atoms with Crippen LogP contribution in [0, 0.1) is 0 Å². The molecule has 0 saturated carbocycles. The molecule has 0 spiro atoms. The topological polar surface area (TPSA) is 90.0 Å². The maximum atomic E-state index is 9.78. The maximum Gasteiger partial charge on any atom is 0.160 e. The third-order valence-electron chi connectivity index (χ3n) is 3.35. The van der Waals surface area contributed by atoms with Crippen LogP contribution >= 0.6 is 0 Å². The summed E-state index contributed by atoms with van der Waals surface area (Å²) in [5.41, 5.74) is 3.67. The van der Waals surface area contributed by atoms with Gasteiger partial charge >= 0.3 is 0 Å². The fourth-order valence-corrected chi connectivity index (χ4v) is 2.09. The number of aromatic hydroxyl groups is 1. The van der Waals surface area contributed by atoms with Crippen molar-refractivity contribution in [2.45, 2.75) is 27.4 Å². The van der Waals surface area contributed by atoms with Crippen molar-refractivity contribution in [2.24, 2.45) is 5.16 Å². The van der Waals surface area contributed by atoms with E-state index in [4.69, 9.17) is 9.57 Å². The van der Waals surface area contributed by atoms with Gasteiger partial charge in [0.05, 0.1) is 12.8 Å². The lowest BCUT2D eigenvalue weighted by Gasteiger charge is -2.06. The first kappa shape index (κ1) is 18.3. The van der Waals surface area contributed by atoms with E-state index in [1.165, 1.54) is 7.11 Å². The Hall–Kier alpha value is -3.09. The molecule has 0 unspecified atom stereocenters. The molecule has 7 heteroatoms. The van der Waals surface area contributed by atoms with Crippen molar-refractivity contribution in [1.29, 1.82) is 0 Å². The van der Waals surface area contributed by atoms with Gasteiger partial charge in [0.15, 0.2) is 11.5 Å². The number of hydrogen-bond donors (Lipinski definition) is 1. The molecule has 25 heavy (non-hydrogen) atoms. The number of nitrogens with zero attached hydrogens (tertiary/aromatic N) is 3. The largest absolute Gasteiger partial charge is 0.504 e. The average molecular weight is 343 g/mol. The average Bonchev–Trinajstić information content (AvgIpc) is 3.11. The summed E-state index contributed by atoms with van der Waals surface area (Å²) in [5, 5.41) is 21.4. The van der Waals surface area contributed by atoms with E-state index in [-0.39, 0.29) is 5.75 Å². The van der Waals surface area contributed by atoms with Gasteiger partial charge in [-0.05, 0) is 53.1 Å². The van der Waals surface area contributed by atoms with Gasteiger partial charge in [-0.15, -0.1) is 0 Å². The van der Waals surface area contributed by atoms with Gasteiger partial charge in [0.25, 0.3) is 0 Å². The number of ether oxygens (including phenoxy) is 1. The first-order valence-corrected chi connectivity index (χ1v) is 7.92. The second-order valence-corrected chi connectivity index (χ2v) is 4.92. The van der Waals surface area contributed by atoms with Crippen molar-refractivity contribution in [3.05, 3.63) is 47.5 Å². The number of phenols is 1. The molecule has 1 heterocycles. The second kappa shape index (κ2) is 8.68. The number of phenolic OH excluding ortho intramolecular Hbond substituents is 1. The molecule has 0 atom stereocenters. The third-order valence-corrected chi connectivity index (χ3v) is 3.35. The van der Waals surface area contributed by atoms with Crippen LogP contribution in [0.15, 0.2) is 46.2 Å². The van der Waals surface area contributed by atoms with Gasteiger partial charge < -0.3 is 14.7 Å². The van der Waals surface area contributed by atoms with Gasteiger partial charge in [-0.3, -0.25) is 0 Å². The number of oxime groups is 1. The molecule has 0 fully saturated rings. The molecule has 7 nitrogen and oxygen atoms in total. The zero-order valence-corrected chi connectivity index (χ0v) is 14.7. The van der Waals surface area contributed by atoms with Crippen LogP contribution in [-0.4, -0.2) is 28.2 Å². The molecular formula is C18H21N3O4. The summed E-state index contributed by atoms with van der Waals surface area (Å²) in [5.74, 6) is 0.473. The van der Waals surface area contributed by atoms with Gasteiger partial charge in [0, 0.05) is 5.56 Å². The molecule has 0 saturated heterocycles. The number of rotatable bonds is 5. The molecule has 0 aliphatic heterocycles. The Labute approximate surface area is 145 Å². The lowest BCUT2D eigenvalue weighted by atomic mass is 10.1. The summed E-state index contributed by atoms with van der Waals surface area (Å²) < 4.78 is 9.66. The van der Waals surface area contributed by atoms with Crippen molar-refractivity contribution in [3.63, 3.8) is 0 Å². The third kappa shape index (κ3) is 4.47. The predicted molar refractivity (Wildman–Crippen MR) is 94.8 cm³/mol. The first-order valence-electron chi connectivity index (χ1n) is 7.92. The highest BCUT2D eigenvalue weighted by Crippen LogP contribution is 2.26. The second-order valence-electron chi connectivity index (χ2n) is 4.92. The minimum Gasteiger partial charge on any atom is -0.504 e. The smallest absolute Gasteiger partial charge is 0.160 e. The van der Waals surface area contributed by atoms with Crippen LogP contribution in [-0.2, 0) is 11.4 Å². The van der Waals surface area contributed by atoms with E-state index >= 15 is 0 Å². The molecule has 0 aliphatic rings. The van der Waals surface area contributed by atoms with E-state index in [9.17, 15) is 5.11 Å². The van der Waals surface area contributed by atoms with Crippen LogP contribution in [0.1, 0.15) is 31.9 Å². The lowest BCUT2D eigenvalue weighted by molar-refractivity contribution is 0.130. The quantitative estimate of drug-likeness (QED) is 0.558. The predicted octanol–water partition coefficient (Wildman–Crippen LogP) is 3.90. The van der Waals surface area contributed by atoms with Gasteiger partial charge in [-0.2, -0.15) is 0 Å². The summed E-state index contributed by atoms with van der Waals surface area (Å²) >= 11 is 0. The lowest BCUT2D eigenvalue weighted by Crippen LogP contribution is -1.97. The Morgan fingerprint density at radius 3 is 2.60 bits per heavy atom. The van der Waals surface area contributed by atoms with Crippen molar-refractivity contribution >= 4 is 16.7 Å². The number of aromatic nitrogens is 2. The normalized spacial score (nSPS) is 11.0. The SMILES string of the molecule is CC.COc1ccc(/C(C)=N/OCc2ccc3nonc3c2)cc1O. The number of hydrogen-bond acceptors (Lipinski definition) is 7. The molecule has 0 bridgehead atoms. The minimum atomic E-state index is 0.0588. The van der Waals surface area contributed by atoms with E-state index in [0.29, 0.717) is 29.1 Å². The fraction of sp³-hybridized carbons (Fsp3) is 0.278. The summed E-state index contributed by atoms with van der Waals surface area (Å²) in [6.45, 7) is 6.09. The van der Waals surface area contributed by atoms with Gasteiger partial charge in [-0.1, -0.05) is 25.1 Å². The van der Waals surface area contributed by atoms with Crippen molar-refractivity contribution in [1.82, 2.24) is 10.3 Å². The highest BCUT2D eigenvalue weighted by molar-refractivity contribution is 5.98. The highest BCUT2D eigenvalue weighted by Gasteiger charge is 2.06. The van der Waals surface area contributed by atoms with Crippen molar-refractivity contribution in [3.8, 4) is 11.5 Å². The van der Waals surface area contributed by atoms with Crippen molar-refractivity contribution < 1.29 is 19.3 Å². The maximum absolute atomic E-state index is 9.78. The van der Waals surface area contributed by atoms with Crippen LogP contribution in [0.3, 0.4) is 0 Å². The minimum absolute atomic E-state index is 0.0588. The molecule has 1 aromatic heterocycles. The molecule has 2 aromatic carbocycles. The van der Waals surface area contributed by atoms with Crippen LogP contribution in [0.2, 0.25) is 0 Å². The Balaban J connectivity index is 0.00000109. The summed E-state index contributed by atoms with van der Waals surface area (Å²) in [7, 11) is 1.50. The van der Waals surface area contributed by atoms with Gasteiger partial charge in [-0.25, -0.2) is 4.63 Å². The van der Waals surface area contributed by atoms with Gasteiger partial charge in [0.1, 0.15) is 17.6 Å². The number of fused-ring (bicyclic) bond motifs is 1. The molecule has 1 N–H and O–H groups in total. The number of benzene rings is 2. The van der Waals surface area contributed by atoms with E-state index in [2.05, 4.69) is 20.1 Å². The molecule has 3 rings (SSSR count). The zero-order valence-electron chi connectivity index (χ0n) is 14.7. The standard InChI is InChI=1S/C16H15N3O4.C2H6/c1-10(12-4-6-16(21-2)15(20)8-12)17-22-9-11-3-5-13-14(7-11)19-23-18-13;1-2/h3-8,20H,9H2,1-2H3;1-2H3/b17-10+;. The Bertz CT molecular complexity index is 858. The Kier molecular flexibility index (Phi) is 6.33. The monoisotopic (exact) mass is 343 g/mol. The first-order chi connectivity index (χ1) is 12.2. The van der Waals surface area contributed by atoms with Gasteiger partial charge in [0.2, 0.25) is 0 Å². The Morgan fingerprint density at radius 1 is 1.12 bits per heavy atom. The zero-order chi connectivity index (χ0) is 18.2. The molecule has 3 aromatic rings. The van der Waals surface area contributed by atoms with Crippen LogP contribution < -0.4 is 4.74 Å². The molecule has 132 valence electrons. The van der Waals surface area contributed by atoms with Crippen molar-refractivity contribution in [2.75, 3.05) is 7.11 Å². The summed E-state index contributed by atoms with van der Waals surface area (Å²) in [6.07, 6.45) is 0. The Morgan fingerprint density at radius 2 is 1.88 bits per heavy atom. The molecule has 0 radical (unpaired) electrons. The van der Waals surface area contributed by atoms with E-state index in [1.54, 1.807) is 25.1 Å². The molecular weight excluding hydrogens is 322 g/mol. The number of methoxy groups -OCH3 is 1. The molecule has 0 aliphatic carbocycles. The van der Waals surface area contributed by atoms with Crippen LogP contribution in [0.25, 0.3) is 11.0 Å². The summed E-state index contributed by atoms with van der Waals surface area (Å²) in [4.78, 5) is 5.35. The fourth-order valence-electron chi connectivity index (χ4n) is 2.09. The van der Waals surface area contributed by atoms with E-state index < -0.39 is 0 Å².